The standard InChI is InChI=1S/C11H10O/c1-2-8-7-9-5-3-4-6-10(9)11(8)12/h1,3-6,8,11-12H,7H2/t8-,11+/m0/s1. The molecule has 1 aliphatic rings. The lowest BCUT2D eigenvalue weighted by molar-refractivity contribution is 0.150. The van der Waals surface area contributed by atoms with Gasteiger partial charge < -0.3 is 5.11 Å². The first-order valence-corrected chi connectivity index (χ1v) is 4.05. The number of hydrogen-bond acceptors (Lipinski definition) is 1. The van der Waals surface area contributed by atoms with E-state index in [1.54, 1.807) is 0 Å². The Labute approximate surface area is 72.0 Å². The van der Waals surface area contributed by atoms with E-state index in [0.717, 1.165) is 12.0 Å². The third-order valence-electron chi connectivity index (χ3n) is 2.41. The third-order valence-corrected chi connectivity index (χ3v) is 2.41. The summed E-state index contributed by atoms with van der Waals surface area (Å²) in [7, 11) is 0. The number of aliphatic hydroxyl groups is 1. The van der Waals surface area contributed by atoms with Crippen LogP contribution in [0.4, 0.5) is 0 Å². The summed E-state index contributed by atoms with van der Waals surface area (Å²) in [4.78, 5) is 0. The Balaban J connectivity index is 2.44. The molecule has 1 aromatic carbocycles. The zero-order valence-corrected chi connectivity index (χ0v) is 6.70. The van der Waals surface area contributed by atoms with Crippen molar-refractivity contribution >= 4 is 0 Å². The molecule has 2 atom stereocenters. The lowest BCUT2D eigenvalue weighted by Crippen LogP contribution is -2.03. The lowest BCUT2D eigenvalue weighted by atomic mass is 10.1. The molecule has 1 aromatic rings. The summed E-state index contributed by atoms with van der Waals surface area (Å²) in [6.07, 6.45) is 5.65. The predicted molar refractivity (Wildman–Crippen MR) is 47.4 cm³/mol. The summed E-state index contributed by atoms with van der Waals surface area (Å²) in [6.45, 7) is 0. The van der Waals surface area contributed by atoms with E-state index in [0.29, 0.717) is 0 Å². The molecular formula is C11H10O. The Bertz CT molecular complexity index is 335. The molecule has 1 nitrogen and oxygen atoms in total. The van der Waals surface area contributed by atoms with Gasteiger partial charge in [0.1, 0.15) is 0 Å². The van der Waals surface area contributed by atoms with Crippen molar-refractivity contribution < 1.29 is 5.11 Å². The number of terminal acetylenes is 1. The predicted octanol–water partition coefficient (Wildman–Crippen LogP) is 1.53. The van der Waals surface area contributed by atoms with Crippen LogP contribution in [0.3, 0.4) is 0 Å². The van der Waals surface area contributed by atoms with Gasteiger partial charge in [0.15, 0.2) is 0 Å². The van der Waals surface area contributed by atoms with Crippen LogP contribution < -0.4 is 0 Å². The molecule has 0 unspecified atom stereocenters. The van der Waals surface area contributed by atoms with Crippen LogP contribution >= 0.6 is 0 Å². The van der Waals surface area contributed by atoms with Crippen LogP contribution in [0.15, 0.2) is 24.3 Å². The van der Waals surface area contributed by atoms with Crippen LogP contribution in [0, 0.1) is 18.3 Å². The zero-order chi connectivity index (χ0) is 8.55. The molecular weight excluding hydrogens is 148 g/mol. The highest BCUT2D eigenvalue weighted by molar-refractivity contribution is 5.36. The highest BCUT2D eigenvalue weighted by Crippen LogP contribution is 2.34. The number of rotatable bonds is 0. The topological polar surface area (TPSA) is 20.2 Å². The van der Waals surface area contributed by atoms with Gasteiger partial charge in [0.2, 0.25) is 0 Å². The van der Waals surface area contributed by atoms with E-state index < -0.39 is 6.10 Å². The molecule has 2 rings (SSSR count). The minimum atomic E-state index is -0.453. The maximum absolute atomic E-state index is 9.70. The van der Waals surface area contributed by atoms with Gasteiger partial charge in [0.25, 0.3) is 0 Å². The molecule has 0 saturated carbocycles. The van der Waals surface area contributed by atoms with Gasteiger partial charge in [-0.3, -0.25) is 0 Å². The molecule has 0 heterocycles. The molecule has 0 saturated heterocycles. The van der Waals surface area contributed by atoms with Gasteiger partial charge in [-0.1, -0.05) is 30.2 Å². The van der Waals surface area contributed by atoms with E-state index in [4.69, 9.17) is 6.42 Å². The summed E-state index contributed by atoms with van der Waals surface area (Å²) in [5.74, 6) is 2.59. The third kappa shape index (κ3) is 0.929. The second kappa shape index (κ2) is 2.66. The van der Waals surface area contributed by atoms with Crippen molar-refractivity contribution in [2.24, 2.45) is 5.92 Å². The monoisotopic (exact) mass is 158 g/mol. The summed E-state index contributed by atoms with van der Waals surface area (Å²) in [6, 6.07) is 7.87. The summed E-state index contributed by atoms with van der Waals surface area (Å²) in [5, 5.41) is 9.70. The van der Waals surface area contributed by atoms with Gasteiger partial charge in [-0.15, -0.1) is 6.42 Å². The molecule has 1 heteroatoms. The highest BCUT2D eigenvalue weighted by Gasteiger charge is 2.28. The van der Waals surface area contributed by atoms with Crippen LogP contribution in [-0.2, 0) is 6.42 Å². The SMILES string of the molecule is C#C[C@H]1Cc2ccccc2[C@@H]1O. The van der Waals surface area contributed by atoms with E-state index >= 15 is 0 Å². The minimum absolute atomic E-state index is 0.0256. The fourth-order valence-corrected chi connectivity index (χ4v) is 1.72. The molecule has 0 fully saturated rings. The van der Waals surface area contributed by atoms with Gasteiger partial charge in [-0.2, -0.15) is 0 Å². The van der Waals surface area contributed by atoms with Crippen molar-refractivity contribution in [3.05, 3.63) is 35.4 Å². The quantitative estimate of drug-likeness (QED) is 0.568. The molecule has 1 N–H and O–H groups in total. The number of aliphatic hydroxyl groups excluding tert-OH is 1. The van der Waals surface area contributed by atoms with Crippen LogP contribution in [-0.4, -0.2) is 5.11 Å². The molecule has 1 aliphatic carbocycles. The Kier molecular flexibility index (Phi) is 1.64. The van der Waals surface area contributed by atoms with Crippen LogP contribution in [0.5, 0.6) is 0 Å². The Morgan fingerprint density at radius 2 is 2.17 bits per heavy atom. The lowest BCUT2D eigenvalue weighted by Gasteiger charge is -2.06. The average molecular weight is 158 g/mol. The molecule has 0 spiro atoms. The van der Waals surface area contributed by atoms with Crippen molar-refractivity contribution in [1.29, 1.82) is 0 Å². The first kappa shape index (κ1) is 7.39. The number of fused-ring (bicyclic) bond motifs is 1. The van der Waals surface area contributed by atoms with Crippen LogP contribution in [0.25, 0.3) is 0 Å². The van der Waals surface area contributed by atoms with Crippen molar-refractivity contribution in [2.45, 2.75) is 12.5 Å². The number of hydrogen-bond donors (Lipinski definition) is 1. The van der Waals surface area contributed by atoms with Crippen LogP contribution in [0.1, 0.15) is 17.2 Å². The first-order valence-electron chi connectivity index (χ1n) is 4.05. The molecule has 60 valence electrons. The maximum Gasteiger partial charge on any atom is 0.0933 e. The molecule has 0 amide bonds. The van der Waals surface area contributed by atoms with Crippen molar-refractivity contribution in [1.82, 2.24) is 0 Å². The fraction of sp³-hybridized carbons (Fsp3) is 0.273. The van der Waals surface area contributed by atoms with Crippen molar-refractivity contribution in [2.75, 3.05) is 0 Å². The number of benzene rings is 1. The van der Waals surface area contributed by atoms with E-state index in [-0.39, 0.29) is 5.92 Å². The Hall–Kier alpha value is -1.26. The van der Waals surface area contributed by atoms with Gasteiger partial charge >= 0.3 is 0 Å². The fourth-order valence-electron chi connectivity index (χ4n) is 1.72. The van der Waals surface area contributed by atoms with E-state index in [1.165, 1.54) is 5.56 Å². The summed E-state index contributed by atoms with van der Waals surface area (Å²) < 4.78 is 0. The highest BCUT2D eigenvalue weighted by atomic mass is 16.3. The van der Waals surface area contributed by atoms with Gasteiger partial charge in [-0.05, 0) is 17.5 Å². The largest absolute Gasteiger partial charge is 0.387 e. The van der Waals surface area contributed by atoms with E-state index in [9.17, 15) is 5.11 Å². The Morgan fingerprint density at radius 1 is 1.42 bits per heavy atom. The molecule has 0 radical (unpaired) electrons. The first-order chi connectivity index (χ1) is 5.83. The van der Waals surface area contributed by atoms with Gasteiger partial charge in [0.05, 0.1) is 12.0 Å². The van der Waals surface area contributed by atoms with Crippen LogP contribution in [0.2, 0.25) is 0 Å². The molecule has 0 aromatic heterocycles. The maximum atomic E-state index is 9.70. The van der Waals surface area contributed by atoms with Gasteiger partial charge in [-0.25, -0.2) is 0 Å². The van der Waals surface area contributed by atoms with Crippen molar-refractivity contribution in [3.8, 4) is 12.3 Å². The van der Waals surface area contributed by atoms with E-state index in [1.807, 2.05) is 24.3 Å². The average Bonchev–Trinajstić information content (AvgIpc) is 2.44. The molecule has 0 aliphatic heterocycles. The van der Waals surface area contributed by atoms with Gasteiger partial charge in [0, 0.05) is 0 Å². The zero-order valence-electron chi connectivity index (χ0n) is 6.70. The molecule has 0 bridgehead atoms. The summed E-state index contributed by atoms with van der Waals surface area (Å²) >= 11 is 0. The summed E-state index contributed by atoms with van der Waals surface area (Å²) in [5.41, 5.74) is 2.19. The van der Waals surface area contributed by atoms with E-state index in [2.05, 4.69) is 5.92 Å². The van der Waals surface area contributed by atoms with Crippen molar-refractivity contribution in [3.63, 3.8) is 0 Å². The Morgan fingerprint density at radius 3 is 2.83 bits per heavy atom. The normalized spacial score (nSPS) is 26.3. The molecule has 12 heavy (non-hydrogen) atoms. The second-order valence-electron chi connectivity index (χ2n) is 3.12. The minimum Gasteiger partial charge on any atom is -0.387 e. The smallest absolute Gasteiger partial charge is 0.0933 e. The second-order valence-corrected chi connectivity index (χ2v) is 3.12.